The molecule has 0 saturated carbocycles. The summed E-state index contributed by atoms with van der Waals surface area (Å²) in [5.74, 6) is 1.09. The zero-order valence-corrected chi connectivity index (χ0v) is 15.4. The second-order valence-electron chi connectivity index (χ2n) is 7.29. The van der Waals surface area contributed by atoms with Crippen molar-refractivity contribution in [3.8, 4) is 10.9 Å². The van der Waals surface area contributed by atoms with Gasteiger partial charge in [0.2, 0.25) is 0 Å². The number of thiazole rings is 1. The topological polar surface area (TPSA) is 37.4 Å². The number of aromatic nitrogens is 1. The minimum absolute atomic E-state index is 0.281. The lowest BCUT2D eigenvalue weighted by molar-refractivity contribution is 0.300. The molecule has 0 amide bonds. The molecular formula is C20H19F2N3OS. The van der Waals surface area contributed by atoms with Crippen LogP contribution in [0.15, 0.2) is 36.4 Å². The van der Waals surface area contributed by atoms with E-state index >= 15 is 0 Å². The SMILES string of the molecule is Fc1cc(Oc2nc3c(F)cccc3s2)ccc1CN1CC2CNCC2C1. The fourth-order valence-electron chi connectivity index (χ4n) is 4.08. The number of benzene rings is 2. The Balaban J connectivity index is 1.30. The highest BCUT2D eigenvalue weighted by atomic mass is 32.1. The molecule has 2 aliphatic heterocycles. The van der Waals surface area contributed by atoms with Gasteiger partial charge < -0.3 is 10.1 Å². The average molecular weight is 387 g/mol. The predicted molar refractivity (Wildman–Crippen MR) is 101 cm³/mol. The van der Waals surface area contributed by atoms with Crippen molar-refractivity contribution >= 4 is 21.6 Å². The van der Waals surface area contributed by atoms with Crippen molar-refractivity contribution in [2.45, 2.75) is 6.54 Å². The monoisotopic (exact) mass is 387 g/mol. The van der Waals surface area contributed by atoms with Crippen molar-refractivity contribution in [3.05, 3.63) is 53.6 Å². The van der Waals surface area contributed by atoms with E-state index in [1.165, 1.54) is 23.5 Å². The molecule has 0 radical (unpaired) electrons. The molecule has 1 N–H and O–H groups in total. The molecule has 2 saturated heterocycles. The lowest BCUT2D eigenvalue weighted by Crippen LogP contribution is -2.25. The van der Waals surface area contributed by atoms with Gasteiger partial charge in [0.15, 0.2) is 0 Å². The van der Waals surface area contributed by atoms with Gasteiger partial charge in [-0.15, -0.1) is 0 Å². The number of likely N-dealkylation sites (tertiary alicyclic amines) is 1. The van der Waals surface area contributed by atoms with E-state index in [4.69, 9.17) is 4.74 Å². The highest BCUT2D eigenvalue weighted by molar-refractivity contribution is 7.20. The van der Waals surface area contributed by atoms with Crippen LogP contribution in [0.2, 0.25) is 0 Å². The summed E-state index contributed by atoms with van der Waals surface area (Å²) >= 11 is 1.24. The Morgan fingerprint density at radius 2 is 1.93 bits per heavy atom. The maximum absolute atomic E-state index is 14.6. The first-order chi connectivity index (χ1) is 13.2. The lowest BCUT2D eigenvalue weighted by atomic mass is 10.0. The first kappa shape index (κ1) is 17.0. The highest BCUT2D eigenvalue weighted by Gasteiger charge is 2.36. The molecule has 3 aromatic rings. The van der Waals surface area contributed by atoms with E-state index in [1.54, 1.807) is 24.3 Å². The van der Waals surface area contributed by atoms with E-state index in [-0.39, 0.29) is 17.2 Å². The fraction of sp³-hybridized carbons (Fsp3) is 0.350. The van der Waals surface area contributed by atoms with Crippen LogP contribution in [-0.4, -0.2) is 36.1 Å². The molecule has 3 heterocycles. The second-order valence-corrected chi connectivity index (χ2v) is 8.29. The molecule has 2 aliphatic rings. The summed E-state index contributed by atoms with van der Waals surface area (Å²) in [4.78, 5) is 6.48. The zero-order valence-electron chi connectivity index (χ0n) is 14.6. The number of halogens is 2. The summed E-state index contributed by atoms with van der Waals surface area (Å²) in [6.07, 6.45) is 0. The molecule has 2 fully saturated rings. The van der Waals surface area contributed by atoms with Crippen molar-refractivity contribution in [2.24, 2.45) is 11.8 Å². The van der Waals surface area contributed by atoms with Gasteiger partial charge in [-0.25, -0.2) is 8.78 Å². The Labute approximate surface area is 159 Å². The summed E-state index contributed by atoms with van der Waals surface area (Å²) in [5, 5.41) is 3.73. The normalized spacial score (nSPS) is 22.4. The van der Waals surface area contributed by atoms with Crippen LogP contribution >= 0.6 is 11.3 Å². The van der Waals surface area contributed by atoms with Gasteiger partial charge in [-0.1, -0.05) is 23.5 Å². The van der Waals surface area contributed by atoms with E-state index in [1.807, 2.05) is 0 Å². The van der Waals surface area contributed by atoms with Gasteiger partial charge in [-0.2, -0.15) is 4.98 Å². The Kier molecular flexibility index (Phi) is 4.30. The van der Waals surface area contributed by atoms with Gasteiger partial charge in [-0.05, 0) is 43.1 Å². The summed E-state index contributed by atoms with van der Waals surface area (Å²) < 4.78 is 34.7. The van der Waals surface area contributed by atoms with Crippen molar-refractivity contribution in [1.29, 1.82) is 0 Å². The van der Waals surface area contributed by atoms with Crippen molar-refractivity contribution in [1.82, 2.24) is 15.2 Å². The Morgan fingerprint density at radius 3 is 2.67 bits per heavy atom. The highest BCUT2D eigenvalue weighted by Crippen LogP contribution is 2.33. The van der Waals surface area contributed by atoms with Gasteiger partial charge >= 0.3 is 0 Å². The molecule has 0 bridgehead atoms. The van der Waals surface area contributed by atoms with Crippen molar-refractivity contribution < 1.29 is 13.5 Å². The minimum Gasteiger partial charge on any atom is -0.431 e. The van der Waals surface area contributed by atoms with Crippen LogP contribution in [0.5, 0.6) is 10.9 Å². The second kappa shape index (κ2) is 6.82. The third-order valence-electron chi connectivity index (χ3n) is 5.44. The van der Waals surface area contributed by atoms with E-state index in [9.17, 15) is 8.78 Å². The Bertz CT molecular complexity index is 981. The first-order valence-electron chi connectivity index (χ1n) is 9.10. The number of nitrogens with zero attached hydrogens (tertiary/aromatic N) is 2. The third-order valence-corrected chi connectivity index (χ3v) is 6.34. The lowest BCUT2D eigenvalue weighted by Gasteiger charge is -2.17. The molecule has 2 unspecified atom stereocenters. The number of hydrogen-bond acceptors (Lipinski definition) is 5. The van der Waals surface area contributed by atoms with E-state index in [0.717, 1.165) is 26.2 Å². The summed E-state index contributed by atoms with van der Waals surface area (Å²) in [6, 6.07) is 9.69. The molecule has 2 aromatic carbocycles. The number of para-hydroxylation sites is 1. The van der Waals surface area contributed by atoms with Crippen LogP contribution in [0.3, 0.4) is 0 Å². The Morgan fingerprint density at radius 1 is 1.11 bits per heavy atom. The first-order valence-corrected chi connectivity index (χ1v) is 9.92. The number of rotatable bonds is 4. The van der Waals surface area contributed by atoms with Crippen LogP contribution in [0.25, 0.3) is 10.2 Å². The van der Waals surface area contributed by atoms with Crippen LogP contribution in [0, 0.1) is 23.5 Å². The van der Waals surface area contributed by atoms with E-state index in [0.29, 0.717) is 39.6 Å². The maximum atomic E-state index is 14.6. The summed E-state index contributed by atoms with van der Waals surface area (Å²) in [5.41, 5.74) is 0.953. The Hall–Kier alpha value is -2.09. The van der Waals surface area contributed by atoms with Crippen molar-refractivity contribution in [3.63, 3.8) is 0 Å². The molecule has 5 rings (SSSR count). The molecule has 140 valence electrons. The predicted octanol–water partition coefficient (Wildman–Crippen LogP) is 4.02. The third kappa shape index (κ3) is 3.31. The molecular weight excluding hydrogens is 368 g/mol. The largest absolute Gasteiger partial charge is 0.431 e. The quantitative estimate of drug-likeness (QED) is 0.734. The fourth-order valence-corrected chi connectivity index (χ4v) is 4.93. The molecule has 2 atom stereocenters. The maximum Gasteiger partial charge on any atom is 0.279 e. The number of nitrogens with one attached hydrogen (secondary N) is 1. The van der Waals surface area contributed by atoms with Gasteiger partial charge in [0.1, 0.15) is 22.9 Å². The number of hydrogen-bond donors (Lipinski definition) is 1. The summed E-state index contributed by atoms with van der Waals surface area (Å²) in [6.45, 7) is 4.79. The molecule has 0 spiro atoms. The van der Waals surface area contributed by atoms with Gasteiger partial charge in [-0.3, -0.25) is 4.90 Å². The summed E-state index contributed by atoms with van der Waals surface area (Å²) in [7, 11) is 0. The minimum atomic E-state index is -0.384. The van der Waals surface area contributed by atoms with Crippen LogP contribution in [0.4, 0.5) is 8.78 Å². The smallest absolute Gasteiger partial charge is 0.279 e. The molecule has 0 aliphatic carbocycles. The van der Waals surface area contributed by atoms with E-state index < -0.39 is 0 Å². The standard InChI is InChI=1S/C20H19F2N3OS/c21-16-2-1-3-18-19(16)24-20(27-18)26-15-5-4-12(17(22)6-15)9-25-10-13-7-23-8-14(13)11-25/h1-6,13-14,23H,7-11H2. The average Bonchev–Trinajstić information content (AvgIpc) is 3.32. The van der Waals surface area contributed by atoms with Gasteiger partial charge in [0, 0.05) is 31.3 Å². The van der Waals surface area contributed by atoms with Crippen LogP contribution < -0.4 is 10.1 Å². The van der Waals surface area contributed by atoms with Gasteiger partial charge in [0.05, 0.1) is 4.70 Å². The van der Waals surface area contributed by atoms with E-state index in [2.05, 4.69) is 15.2 Å². The van der Waals surface area contributed by atoms with Crippen LogP contribution in [0.1, 0.15) is 5.56 Å². The van der Waals surface area contributed by atoms with Crippen LogP contribution in [-0.2, 0) is 6.54 Å². The molecule has 27 heavy (non-hydrogen) atoms. The zero-order chi connectivity index (χ0) is 18.4. The van der Waals surface area contributed by atoms with Gasteiger partial charge in [0.25, 0.3) is 5.19 Å². The number of ether oxygens (including phenoxy) is 1. The van der Waals surface area contributed by atoms with Crippen molar-refractivity contribution in [2.75, 3.05) is 26.2 Å². The molecule has 4 nitrogen and oxygen atoms in total. The molecule has 1 aromatic heterocycles. The molecule has 7 heteroatoms. The number of fused-ring (bicyclic) bond motifs is 2.